The number of benzene rings is 1. The van der Waals surface area contributed by atoms with Crippen molar-refractivity contribution in [3.8, 4) is 17.4 Å². The normalized spacial score (nSPS) is 31.0. The van der Waals surface area contributed by atoms with Crippen LogP contribution in [0.5, 0.6) is 11.8 Å². The van der Waals surface area contributed by atoms with Crippen LogP contribution in [0, 0.1) is 18.8 Å². The Bertz CT molecular complexity index is 770. The summed E-state index contributed by atoms with van der Waals surface area (Å²) >= 11 is 6.10. The highest BCUT2D eigenvalue weighted by Crippen LogP contribution is 2.70. The second-order valence-corrected chi connectivity index (χ2v) is 7.50. The van der Waals surface area contributed by atoms with Crippen molar-refractivity contribution in [1.29, 1.82) is 0 Å². The van der Waals surface area contributed by atoms with Gasteiger partial charge >= 0.3 is 0 Å². The highest BCUT2D eigenvalue weighted by Gasteiger charge is 2.58. The van der Waals surface area contributed by atoms with Crippen molar-refractivity contribution >= 4 is 11.6 Å². The molecule has 1 heterocycles. The lowest BCUT2D eigenvalue weighted by atomic mass is 9.68. The van der Waals surface area contributed by atoms with E-state index in [4.69, 9.17) is 11.6 Å². The Kier molecular flexibility index (Phi) is 2.35. The standard InChI is InChI=1S/C18H18ClNO2/c1-8-6-9(2-5-14(8)19)20-17(21)15-10-3-4-11(13-7-12(10)13)16(15)18(20)22/h2,5-6,10-13,21-22H,3-4,7H2,1H3/t10-,11+,12+,13-. The molecular formula is C18H18ClNO2. The quantitative estimate of drug-likeness (QED) is 0.816. The van der Waals surface area contributed by atoms with Crippen LogP contribution in [0.15, 0.2) is 18.2 Å². The second-order valence-electron chi connectivity index (χ2n) is 7.10. The van der Waals surface area contributed by atoms with Crippen LogP contribution in [0.3, 0.4) is 0 Å². The number of fused-ring (bicyclic) bond motifs is 1. The smallest absolute Gasteiger partial charge is 0.202 e. The second kappa shape index (κ2) is 4.02. The molecular weight excluding hydrogens is 298 g/mol. The molecule has 4 aliphatic carbocycles. The molecule has 4 atom stereocenters. The molecule has 0 amide bonds. The molecule has 2 saturated carbocycles. The number of halogens is 1. The molecule has 4 heteroatoms. The molecule has 1 aromatic carbocycles. The summed E-state index contributed by atoms with van der Waals surface area (Å²) in [5.74, 6) is 2.80. The molecule has 0 radical (unpaired) electrons. The van der Waals surface area contributed by atoms with E-state index < -0.39 is 0 Å². The van der Waals surface area contributed by atoms with Gasteiger partial charge in [-0.05, 0) is 73.6 Å². The van der Waals surface area contributed by atoms with E-state index in [9.17, 15) is 10.2 Å². The Morgan fingerprint density at radius 3 is 2.18 bits per heavy atom. The first-order valence-electron chi connectivity index (χ1n) is 8.01. The van der Waals surface area contributed by atoms with Crippen molar-refractivity contribution in [2.45, 2.75) is 38.0 Å². The van der Waals surface area contributed by atoms with Gasteiger partial charge in [0, 0.05) is 16.1 Å². The summed E-state index contributed by atoms with van der Waals surface area (Å²) in [5, 5.41) is 22.3. The molecule has 22 heavy (non-hydrogen) atoms. The first-order chi connectivity index (χ1) is 10.6. The minimum absolute atomic E-state index is 0.231. The Labute approximate surface area is 134 Å². The van der Waals surface area contributed by atoms with Crippen molar-refractivity contribution in [2.24, 2.45) is 11.8 Å². The van der Waals surface area contributed by atoms with E-state index in [1.165, 1.54) is 6.42 Å². The van der Waals surface area contributed by atoms with Gasteiger partial charge in [0.2, 0.25) is 11.8 Å². The number of aryl methyl sites for hydroxylation is 1. The zero-order chi connectivity index (χ0) is 15.2. The summed E-state index contributed by atoms with van der Waals surface area (Å²) < 4.78 is 1.60. The molecule has 114 valence electrons. The Morgan fingerprint density at radius 1 is 1.05 bits per heavy atom. The van der Waals surface area contributed by atoms with Crippen molar-refractivity contribution in [3.05, 3.63) is 39.9 Å². The third-order valence-electron chi connectivity index (χ3n) is 6.05. The van der Waals surface area contributed by atoms with Gasteiger partial charge in [-0.25, -0.2) is 0 Å². The van der Waals surface area contributed by atoms with E-state index in [0.717, 1.165) is 47.1 Å². The minimum atomic E-state index is 0.231. The van der Waals surface area contributed by atoms with Gasteiger partial charge in [0.05, 0.1) is 5.69 Å². The van der Waals surface area contributed by atoms with Gasteiger partial charge in [0.15, 0.2) is 0 Å². The maximum absolute atomic E-state index is 10.8. The fraction of sp³-hybridized carbons (Fsp3) is 0.444. The summed E-state index contributed by atoms with van der Waals surface area (Å²) in [6.07, 6.45) is 3.56. The van der Waals surface area contributed by atoms with E-state index >= 15 is 0 Å². The van der Waals surface area contributed by atoms with Crippen molar-refractivity contribution in [1.82, 2.24) is 4.57 Å². The van der Waals surface area contributed by atoms with Crippen LogP contribution < -0.4 is 0 Å². The zero-order valence-corrected chi connectivity index (χ0v) is 13.1. The van der Waals surface area contributed by atoms with Crippen LogP contribution in [0.2, 0.25) is 5.02 Å². The number of nitrogens with zero attached hydrogens (tertiary/aromatic N) is 1. The predicted molar refractivity (Wildman–Crippen MR) is 85.2 cm³/mol. The number of aromatic nitrogens is 1. The average Bonchev–Trinajstić information content (AvgIpc) is 3.28. The van der Waals surface area contributed by atoms with E-state index in [1.807, 2.05) is 25.1 Å². The summed E-state index contributed by atoms with van der Waals surface area (Å²) in [4.78, 5) is 0. The molecule has 6 rings (SSSR count). The Morgan fingerprint density at radius 2 is 1.64 bits per heavy atom. The molecule has 0 saturated heterocycles. The molecule has 1 aromatic heterocycles. The SMILES string of the molecule is Cc1cc(-n2c(O)c3c(c2O)[C@@H]2CC[C@H]3[C@H]3C[C@H]32)ccc1Cl. The fourth-order valence-corrected chi connectivity index (χ4v) is 5.11. The first-order valence-corrected chi connectivity index (χ1v) is 8.38. The van der Waals surface area contributed by atoms with Gasteiger partial charge in [-0.3, -0.25) is 4.57 Å². The number of hydrogen-bond donors (Lipinski definition) is 2. The van der Waals surface area contributed by atoms with E-state index in [1.54, 1.807) is 4.57 Å². The Balaban J connectivity index is 1.74. The highest BCUT2D eigenvalue weighted by molar-refractivity contribution is 6.31. The molecule has 2 bridgehead atoms. The zero-order valence-electron chi connectivity index (χ0n) is 12.4. The highest BCUT2D eigenvalue weighted by atomic mass is 35.5. The van der Waals surface area contributed by atoms with Crippen LogP contribution >= 0.6 is 11.6 Å². The summed E-state index contributed by atoms with van der Waals surface area (Å²) in [6.45, 7) is 1.93. The summed E-state index contributed by atoms with van der Waals surface area (Å²) in [7, 11) is 0. The molecule has 0 aliphatic heterocycles. The fourth-order valence-electron chi connectivity index (χ4n) is 4.99. The third kappa shape index (κ3) is 1.43. The number of hydrogen-bond acceptors (Lipinski definition) is 2. The summed E-state index contributed by atoms with van der Waals surface area (Å²) in [6, 6.07) is 5.58. The van der Waals surface area contributed by atoms with E-state index in [2.05, 4.69) is 0 Å². The third-order valence-corrected chi connectivity index (χ3v) is 6.47. The average molecular weight is 316 g/mol. The maximum atomic E-state index is 10.8. The van der Waals surface area contributed by atoms with Crippen LogP contribution in [0.1, 0.15) is 47.8 Å². The van der Waals surface area contributed by atoms with E-state index in [0.29, 0.717) is 16.9 Å². The lowest BCUT2D eigenvalue weighted by Gasteiger charge is -2.35. The molecule has 3 nitrogen and oxygen atoms in total. The maximum Gasteiger partial charge on any atom is 0.202 e. The lowest BCUT2D eigenvalue weighted by Crippen LogP contribution is -2.22. The molecule has 0 unspecified atom stereocenters. The number of aromatic hydroxyl groups is 2. The minimum Gasteiger partial charge on any atom is -0.494 e. The van der Waals surface area contributed by atoms with Crippen LogP contribution in [0.25, 0.3) is 5.69 Å². The lowest BCUT2D eigenvalue weighted by molar-refractivity contribution is 0.322. The van der Waals surface area contributed by atoms with Crippen molar-refractivity contribution < 1.29 is 10.2 Å². The van der Waals surface area contributed by atoms with Crippen LogP contribution in [0.4, 0.5) is 0 Å². The topological polar surface area (TPSA) is 45.4 Å². The monoisotopic (exact) mass is 315 g/mol. The van der Waals surface area contributed by atoms with Gasteiger partial charge in [0.25, 0.3) is 0 Å². The van der Waals surface area contributed by atoms with Crippen molar-refractivity contribution in [3.63, 3.8) is 0 Å². The van der Waals surface area contributed by atoms with Gasteiger partial charge in [-0.1, -0.05) is 11.6 Å². The molecule has 2 aromatic rings. The van der Waals surface area contributed by atoms with E-state index in [-0.39, 0.29) is 11.8 Å². The number of rotatable bonds is 1. The first kappa shape index (κ1) is 12.9. The van der Waals surface area contributed by atoms with Gasteiger partial charge < -0.3 is 10.2 Å². The molecule has 2 fully saturated rings. The largest absolute Gasteiger partial charge is 0.494 e. The Hall–Kier alpha value is -1.61. The predicted octanol–water partition coefficient (Wildman–Crippen LogP) is 4.46. The van der Waals surface area contributed by atoms with Crippen molar-refractivity contribution in [2.75, 3.05) is 0 Å². The van der Waals surface area contributed by atoms with Gasteiger partial charge in [-0.2, -0.15) is 0 Å². The molecule has 2 N–H and O–H groups in total. The van der Waals surface area contributed by atoms with Gasteiger partial charge in [-0.15, -0.1) is 0 Å². The van der Waals surface area contributed by atoms with Crippen LogP contribution in [-0.4, -0.2) is 14.8 Å². The van der Waals surface area contributed by atoms with Crippen LogP contribution in [-0.2, 0) is 0 Å². The summed E-state index contributed by atoms with van der Waals surface area (Å²) in [5.41, 5.74) is 3.75. The molecule has 0 spiro atoms. The molecule has 4 aliphatic rings. The van der Waals surface area contributed by atoms with Gasteiger partial charge in [0.1, 0.15) is 0 Å².